The second kappa shape index (κ2) is 10.0. The Morgan fingerprint density at radius 1 is 1.00 bits per heavy atom. The Bertz CT molecular complexity index is 415. The van der Waals surface area contributed by atoms with E-state index in [9.17, 15) is 0 Å². The topological polar surface area (TPSA) is 21.8 Å². The molecule has 0 bridgehead atoms. The Kier molecular flexibility index (Phi) is 8.03. The fraction of sp³-hybridized carbons (Fsp3) is 0.684. The van der Waals surface area contributed by atoms with Crippen LogP contribution in [0.4, 0.5) is 0 Å². The highest BCUT2D eigenvalue weighted by Gasteiger charge is 2.18. The molecule has 0 unspecified atom stereocenters. The van der Waals surface area contributed by atoms with Gasteiger partial charge in [-0.25, -0.2) is 0 Å². The molecule has 1 heterocycles. The normalized spacial score (nSPS) is 17.8. The van der Waals surface area contributed by atoms with Gasteiger partial charge in [0.15, 0.2) is 0 Å². The van der Waals surface area contributed by atoms with Crippen LogP contribution in [0.1, 0.15) is 30.9 Å². The van der Waals surface area contributed by atoms with Crippen molar-refractivity contribution >= 4 is 0 Å². The van der Waals surface area contributed by atoms with Crippen molar-refractivity contribution in [2.45, 2.75) is 25.3 Å². The Hall–Kier alpha value is -0.940. The van der Waals surface area contributed by atoms with Crippen LogP contribution in [-0.4, -0.2) is 75.2 Å². The number of hydrogen-bond acceptors (Lipinski definition) is 4. The van der Waals surface area contributed by atoms with Crippen LogP contribution in [0.15, 0.2) is 30.3 Å². The van der Waals surface area contributed by atoms with Crippen LogP contribution in [-0.2, 0) is 0 Å². The van der Waals surface area contributed by atoms with Gasteiger partial charge in [-0.15, -0.1) is 0 Å². The van der Waals surface area contributed by atoms with Gasteiger partial charge in [-0.05, 0) is 52.6 Å². The third kappa shape index (κ3) is 7.00. The van der Waals surface area contributed by atoms with Gasteiger partial charge in [-0.3, -0.25) is 10.2 Å². The highest BCUT2D eigenvalue weighted by molar-refractivity contribution is 5.19. The molecular weight excluding hydrogens is 284 g/mol. The van der Waals surface area contributed by atoms with E-state index in [0.717, 1.165) is 26.3 Å². The average molecular weight is 319 g/mol. The smallest absolute Gasteiger partial charge is 0.0483 e. The van der Waals surface area contributed by atoms with Gasteiger partial charge in [-0.2, -0.15) is 0 Å². The largest absolute Gasteiger partial charge is 0.308 e. The van der Waals surface area contributed by atoms with Gasteiger partial charge >= 0.3 is 0 Å². The summed E-state index contributed by atoms with van der Waals surface area (Å²) in [5.41, 5.74) is 1.40. The van der Waals surface area contributed by atoms with Crippen LogP contribution in [0.5, 0.6) is 0 Å². The first-order chi connectivity index (χ1) is 11.1. The van der Waals surface area contributed by atoms with Gasteiger partial charge in [0.2, 0.25) is 0 Å². The Morgan fingerprint density at radius 2 is 1.70 bits per heavy atom. The van der Waals surface area contributed by atoms with Gasteiger partial charge in [0, 0.05) is 32.3 Å². The summed E-state index contributed by atoms with van der Waals surface area (Å²) in [6.45, 7) is 6.74. The summed E-state index contributed by atoms with van der Waals surface area (Å²) in [6.07, 6.45) is 4.10. The van der Waals surface area contributed by atoms with Crippen LogP contribution in [0.3, 0.4) is 0 Å². The molecule has 0 aliphatic carbocycles. The van der Waals surface area contributed by atoms with Gasteiger partial charge < -0.3 is 9.80 Å². The lowest BCUT2D eigenvalue weighted by atomic mass is 10.0. The molecule has 130 valence electrons. The molecule has 0 saturated carbocycles. The number of likely N-dealkylation sites (N-methyl/N-ethyl adjacent to an activating group) is 2. The van der Waals surface area contributed by atoms with E-state index in [4.69, 9.17) is 0 Å². The highest BCUT2D eigenvalue weighted by atomic mass is 15.2. The molecule has 1 aromatic carbocycles. The molecule has 0 spiro atoms. The van der Waals surface area contributed by atoms with Crippen LogP contribution in [0.2, 0.25) is 0 Å². The van der Waals surface area contributed by atoms with Crippen LogP contribution in [0, 0.1) is 0 Å². The maximum Gasteiger partial charge on any atom is 0.0483 e. The summed E-state index contributed by atoms with van der Waals surface area (Å²) in [4.78, 5) is 7.22. The minimum absolute atomic E-state index is 0.413. The summed E-state index contributed by atoms with van der Waals surface area (Å²) in [5.74, 6) is 0. The Balaban J connectivity index is 1.88. The molecule has 4 nitrogen and oxygen atoms in total. The first-order valence-electron chi connectivity index (χ1n) is 8.99. The molecule has 1 saturated heterocycles. The van der Waals surface area contributed by atoms with E-state index in [1.807, 2.05) is 0 Å². The third-order valence-electron chi connectivity index (χ3n) is 4.63. The third-order valence-corrected chi connectivity index (χ3v) is 4.63. The quantitative estimate of drug-likeness (QED) is 0.705. The molecule has 1 fully saturated rings. The molecular formula is C19H34N4. The molecule has 0 aromatic heterocycles. The van der Waals surface area contributed by atoms with Gasteiger partial charge in [0.1, 0.15) is 0 Å². The summed E-state index contributed by atoms with van der Waals surface area (Å²) in [7, 11) is 6.45. The van der Waals surface area contributed by atoms with Crippen LogP contribution >= 0.6 is 0 Å². The van der Waals surface area contributed by atoms with E-state index in [0.29, 0.717) is 6.04 Å². The van der Waals surface area contributed by atoms with E-state index < -0.39 is 0 Å². The number of nitrogens with zero attached hydrogens (tertiary/aromatic N) is 3. The zero-order valence-electron chi connectivity index (χ0n) is 15.2. The number of nitrogens with one attached hydrogen (secondary N) is 1. The average Bonchev–Trinajstić information content (AvgIpc) is 2.58. The maximum absolute atomic E-state index is 3.77. The van der Waals surface area contributed by atoms with E-state index in [1.54, 1.807) is 0 Å². The van der Waals surface area contributed by atoms with Gasteiger partial charge in [0.25, 0.3) is 0 Å². The first kappa shape index (κ1) is 18.4. The SMILES string of the molecule is CN(C)CCN(C)CN[C@@H](CN1CCCCC1)c1ccccc1. The minimum atomic E-state index is 0.413. The zero-order chi connectivity index (χ0) is 16.5. The second-order valence-corrected chi connectivity index (χ2v) is 7.07. The van der Waals surface area contributed by atoms with Gasteiger partial charge in [0.05, 0.1) is 0 Å². The zero-order valence-corrected chi connectivity index (χ0v) is 15.2. The Labute approximate surface area is 142 Å². The van der Waals surface area contributed by atoms with Crippen molar-refractivity contribution in [3.8, 4) is 0 Å². The van der Waals surface area contributed by atoms with Crippen molar-refractivity contribution < 1.29 is 0 Å². The molecule has 1 N–H and O–H groups in total. The monoisotopic (exact) mass is 318 g/mol. The minimum Gasteiger partial charge on any atom is -0.308 e. The lowest BCUT2D eigenvalue weighted by Gasteiger charge is -2.32. The second-order valence-electron chi connectivity index (χ2n) is 7.07. The number of benzene rings is 1. The van der Waals surface area contributed by atoms with E-state index in [1.165, 1.54) is 37.9 Å². The molecule has 1 aliphatic rings. The summed E-state index contributed by atoms with van der Waals surface area (Å²) < 4.78 is 0. The van der Waals surface area contributed by atoms with Crippen molar-refractivity contribution in [1.29, 1.82) is 0 Å². The molecule has 4 heteroatoms. The summed E-state index contributed by atoms with van der Waals surface area (Å²) in [6, 6.07) is 11.3. The molecule has 23 heavy (non-hydrogen) atoms. The lowest BCUT2D eigenvalue weighted by molar-refractivity contribution is 0.189. The van der Waals surface area contributed by atoms with Crippen molar-refractivity contribution in [2.75, 3.05) is 60.5 Å². The standard InChI is InChI=1S/C19H34N4/c1-21(2)14-15-22(3)17-20-19(18-10-6-4-7-11-18)16-23-12-8-5-9-13-23/h4,6-7,10-11,19-20H,5,8-9,12-17H2,1-3H3/t19-/m0/s1. The fourth-order valence-electron chi connectivity index (χ4n) is 3.09. The summed E-state index contributed by atoms with van der Waals surface area (Å²) >= 11 is 0. The predicted molar refractivity (Wildman–Crippen MR) is 98.7 cm³/mol. The number of likely N-dealkylation sites (tertiary alicyclic amines) is 1. The molecule has 1 aliphatic heterocycles. The number of piperidine rings is 1. The van der Waals surface area contributed by atoms with Crippen LogP contribution < -0.4 is 5.32 Å². The maximum atomic E-state index is 3.77. The van der Waals surface area contributed by atoms with Crippen molar-refractivity contribution in [2.24, 2.45) is 0 Å². The summed E-state index contributed by atoms with van der Waals surface area (Å²) in [5, 5.41) is 3.77. The lowest BCUT2D eigenvalue weighted by Crippen LogP contribution is -2.42. The van der Waals surface area contributed by atoms with E-state index >= 15 is 0 Å². The Morgan fingerprint density at radius 3 is 2.35 bits per heavy atom. The van der Waals surface area contributed by atoms with Crippen molar-refractivity contribution in [3.63, 3.8) is 0 Å². The highest BCUT2D eigenvalue weighted by Crippen LogP contribution is 2.17. The van der Waals surface area contributed by atoms with Crippen molar-refractivity contribution in [3.05, 3.63) is 35.9 Å². The number of rotatable bonds is 9. The van der Waals surface area contributed by atoms with E-state index in [-0.39, 0.29) is 0 Å². The van der Waals surface area contributed by atoms with Crippen LogP contribution in [0.25, 0.3) is 0 Å². The first-order valence-corrected chi connectivity index (χ1v) is 8.99. The fourth-order valence-corrected chi connectivity index (χ4v) is 3.09. The molecule has 1 aromatic rings. The molecule has 0 radical (unpaired) electrons. The molecule has 2 rings (SSSR count). The van der Waals surface area contributed by atoms with E-state index in [2.05, 4.69) is 71.5 Å². The number of hydrogen-bond donors (Lipinski definition) is 1. The van der Waals surface area contributed by atoms with Crippen molar-refractivity contribution in [1.82, 2.24) is 20.0 Å². The predicted octanol–water partition coefficient (Wildman–Crippen LogP) is 2.25. The molecule has 1 atom stereocenters. The van der Waals surface area contributed by atoms with Gasteiger partial charge in [-0.1, -0.05) is 36.8 Å². The molecule has 0 amide bonds.